The summed E-state index contributed by atoms with van der Waals surface area (Å²) in [5.74, 6) is 0.533. The summed E-state index contributed by atoms with van der Waals surface area (Å²) in [4.78, 5) is 16.5. The minimum absolute atomic E-state index is 0.139. The molecule has 0 saturated heterocycles. The van der Waals surface area contributed by atoms with Crippen molar-refractivity contribution in [2.24, 2.45) is 0 Å². The van der Waals surface area contributed by atoms with Crippen LogP contribution in [-0.2, 0) is 10.0 Å². The van der Waals surface area contributed by atoms with Crippen LogP contribution in [0.1, 0.15) is 10.4 Å². The summed E-state index contributed by atoms with van der Waals surface area (Å²) in [5, 5.41) is 0.569. The van der Waals surface area contributed by atoms with Crippen LogP contribution in [0.25, 0.3) is 11.1 Å². The lowest BCUT2D eigenvalue weighted by atomic mass is 10.0. The van der Waals surface area contributed by atoms with Crippen LogP contribution in [0.3, 0.4) is 0 Å². The molecule has 1 amide bonds. The molecule has 3 aromatic rings. The number of carbonyl (C=O) groups excluding carboxylic acids is 1. The topological polar surface area (TPSA) is 94.6 Å². The number of rotatable bonds is 6. The van der Waals surface area contributed by atoms with Gasteiger partial charge in [-0.05, 0) is 54.6 Å². The third-order valence-electron chi connectivity index (χ3n) is 3.82. The second-order valence-electron chi connectivity index (χ2n) is 6.03. The number of methoxy groups -OCH3 is 1. The van der Waals surface area contributed by atoms with E-state index in [1.54, 1.807) is 48.7 Å². The molecular weight excluding hydrogens is 416 g/mol. The fourth-order valence-electron chi connectivity index (χ4n) is 2.59. The highest BCUT2D eigenvalue weighted by molar-refractivity contribution is 7.89. The Kier molecular flexibility index (Phi) is 6.05. The first-order valence-electron chi connectivity index (χ1n) is 8.36. The van der Waals surface area contributed by atoms with Gasteiger partial charge < -0.3 is 9.47 Å². The first-order chi connectivity index (χ1) is 13.8. The van der Waals surface area contributed by atoms with Gasteiger partial charge in [0, 0.05) is 27.9 Å². The number of aromatic nitrogens is 1. The number of ether oxygens (including phenoxy) is 2. The molecule has 2 aromatic carbocycles. The van der Waals surface area contributed by atoms with Gasteiger partial charge in [0.05, 0.1) is 13.4 Å². The number of halogens is 1. The summed E-state index contributed by atoms with van der Waals surface area (Å²) in [6.07, 6.45) is 2.48. The lowest BCUT2D eigenvalue weighted by Crippen LogP contribution is -2.29. The van der Waals surface area contributed by atoms with Crippen molar-refractivity contribution in [2.45, 2.75) is 0 Å². The fraction of sp³-hybridized carbons (Fsp3) is 0.100. The van der Waals surface area contributed by atoms with Crippen LogP contribution >= 0.6 is 11.6 Å². The lowest BCUT2D eigenvalue weighted by Gasteiger charge is -2.15. The van der Waals surface area contributed by atoms with E-state index in [1.807, 2.05) is 4.72 Å². The number of nitrogens with one attached hydrogen (secondary N) is 1. The molecule has 0 atom stereocenters. The minimum atomic E-state index is -3.70. The summed E-state index contributed by atoms with van der Waals surface area (Å²) in [6, 6.07) is 14.8. The second-order valence-corrected chi connectivity index (χ2v) is 8.22. The highest BCUT2D eigenvalue weighted by Crippen LogP contribution is 2.38. The Morgan fingerprint density at radius 2 is 1.79 bits per heavy atom. The molecule has 9 heteroatoms. The zero-order chi connectivity index (χ0) is 21.0. The Labute approximate surface area is 173 Å². The number of hydrogen-bond donors (Lipinski definition) is 1. The van der Waals surface area contributed by atoms with Crippen LogP contribution in [0.4, 0.5) is 0 Å². The van der Waals surface area contributed by atoms with Gasteiger partial charge in [-0.15, -0.1) is 0 Å². The van der Waals surface area contributed by atoms with E-state index in [0.29, 0.717) is 33.5 Å². The summed E-state index contributed by atoms with van der Waals surface area (Å²) in [7, 11) is -2.23. The number of carbonyl (C=O) groups is 1. The number of benzene rings is 2. The van der Waals surface area contributed by atoms with E-state index < -0.39 is 15.9 Å². The van der Waals surface area contributed by atoms with Gasteiger partial charge in [0.25, 0.3) is 5.91 Å². The predicted molar refractivity (Wildman–Crippen MR) is 110 cm³/mol. The van der Waals surface area contributed by atoms with Crippen molar-refractivity contribution in [1.82, 2.24) is 9.71 Å². The monoisotopic (exact) mass is 432 g/mol. The molecule has 1 aromatic heterocycles. The second kappa shape index (κ2) is 8.50. The molecule has 3 rings (SSSR count). The maximum Gasteiger partial charge on any atom is 0.264 e. The van der Waals surface area contributed by atoms with Gasteiger partial charge in [-0.1, -0.05) is 11.6 Å². The number of sulfonamides is 1. The van der Waals surface area contributed by atoms with E-state index in [4.69, 9.17) is 21.1 Å². The van der Waals surface area contributed by atoms with Crippen LogP contribution in [-0.4, -0.2) is 32.7 Å². The molecule has 0 aliphatic rings. The Balaban J connectivity index is 2.10. The van der Waals surface area contributed by atoms with Gasteiger partial charge in [-0.25, -0.2) is 18.1 Å². The number of hydrogen-bond acceptors (Lipinski definition) is 6. The van der Waals surface area contributed by atoms with E-state index >= 15 is 0 Å². The van der Waals surface area contributed by atoms with Crippen LogP contribution < -0.4 is 14.2 Å². The molecular formula is C20H17ClN2O5S. The maximum absolute atomic E-state index is 12.3. The standard InChI is InChI=1S/C20H17ClN2O5S/c1-27-20-16(4-3-11-22-20)17-12-13(19(24)23-29(2,25)26)5-10-18(17)28-15-8-6-14(21)7-9-15/h3-12H,1-2H3,(H,23,24). The van der Waals surface area contributed by atoms with E-state index in [9.17, 15) is 13.2 Å². The van der Waals surface area contributed by atoms with Gasteiger partial charge in [0.15, 0.2) is 0 Å². The SMILES string of the molecule is COc1ncccc1-c1cc(C(=O)NS(C)(=O)=O)ccc1Oc1ccc(Cl)cc1. The lowest BCUT2D eigenvalue weighted by molar-refractivity contribution is 0.0981. The molecule has 0 aliphatic carbocycles. The molecule has 1 N–H and O–H groups in total. The number of nitrogens with zero attached hydrogens (tertiary/aromatic N) is 1. The van der Waals surface area contributed by atoms with Gasteiger partial charge in [0.2, 0.25) is 15.9 Å². The van der Waals surface area contributed by atoms with Crippen molar-refractivity contribution >= 4 is 27.5 Å². The van der Waals surface area contributed by atoms with Crippen molar-refractivity contribution in [3.63, 3.8) is 0 Å². The summed E-state index contributed by atoms with van der Waals surface area (Å²) >= 11 is 5.92. The van der Waals surface area contributed by atoms with Crippen LogP contribution in [0.15, 0.2) is 60.8 Å². The van der Waals surface area contributed by atoms with Gasteiger partial charge in [0.1, 0.15) is 11.5 Å². The molecule has 0 unspecified atom stereocenters. The minimum Gasteiger partial charge on any atom is -0.481 e. The number of amides is 1. The van der Waals surface area contributed by atoms with Crippen LogP contribution in [0.5, 0.6) is 17.4 Å². The van der Waals surface area contributed by atoms with Crippen molar-refractivity contribution in [3.8, 4) is 28.5 Å². The zero-order valence-electron chi connectivity index (χ0n) is 15.5. The Morgan fingerprint density at radius 3 is 2.45 bits per heavy atom. The molecule has 7 nitrogen and oxygen atoms in total. The van der Waals surface area contributed by atoms with E-state index in [2.05, 4.69) is 4.98 Å². The Morgan fingerprint density at radius 1 is 1.07 bits per heavy atom. The predicted octanol–water partition coefficient (Wildman–Crippen LogP) is 3.89. The molecule has 0 aliphatic heterocycles. The van der Waals surface area contributed by atoms with Gasteiger partial charge in [-0.3, -0.25) is 4.79 Å². The highest BCUT2D eigenvalue weighted by atomic mass is 35.5. The maximum atomic E-state index is 12.3. The van der Waals surface area contributed by atoms with Crippen molar-refractivity contribution in [3.05, 3.63) is 71.4 Å². The summed E-state index contributed by atoms with van der Waals surface area (Å²) < 4.78 is 36.0. The number of pyridine rings is 1. The van der Waals surface area contributed by atoms with E-state index in [0.717, 1.165) is 6.26 Å². The molecule has 0 spiro atoms. The first-order valence-corrected chi connectivity index (χ1v) is 10.6. The van der Waals surface area contributed by atoms with Crippen molar-refractivity contribution in [1.29, 1.82) is 0 Å². The smallest absolute Gasteiger partial charge is 0.264 e. The largest absolute Gasteiger partial charge is 0.481 e. The third kappa shape index (κ3) is 5.24. The van der Waals surface area contributed by atoms with Gasteiger partial charge in [-0.2, -0.15) is 0 Å². The van der Waals surface area contributed by atoms with Crippen molar-refractivity contribution in [2.75, 3.05) is 13.4 Å². The molecule has 150 valence electrons. The zero-order valence-corrected chi connectivity index (χ0v) is 17.1. The van der Waals surface area contributed by atoms with E-state index in [-0.39, 0.29) is 5.56 Å². The highest BCUT2D eigenvalue weighted by Gasteiger charge is 2.18. The summed E-state index contributed by atoms with van der Waals surface area (Å²) in [6.45, 7) is 0. The van der Waals surface area contributed by atoms with Crippen LogP contribution in [0.2, 0.25) is 5.02 Å². The molecule has 0 fully saturated rings. The molecule has 1 heterocycles. The first kappa shape index (κ1) is 20.6. The normalized spacial score (nSPS) is 11.0. The fourth-order valence-corrected chi connectivity index (χ4v) is 3.17. The quantitative estimate of drug-likeness (QED) is 0.635. The summed E-state index contributed by atoms with van der Waals surface area (Å²) in [5.41, 5.74) is 1.22. The van der Waals surface area contributed by atoms with Crippen LogP contribution in [0, 0.1) is 0 Å². The molecule has 0 radical (unpaired) electrons. The van der Waals surface area contributed by atoms with Gasteiger partial charge >= 0.3 is 0 Å². The third-order valence-corrected chi connectivity index (χ3v) is 4.62. The Hall–Kier alpha value is -3.10. The molecule has 0 saturated carbocycles. The average Bonchev–Trinajstić information content (AvgIpc) is 2.68. The molecule has 29 heavy (non-hydrogen) atoms. The van der Waals surface area contributed by atoms with Crippen molar-refractivity contribution < 1.29 is 22.7 Å². The Bertz CT molecular complexity index is 1150. The van der Waals surface area contributed by atoms with E-state index in [1.165, 1.54) is 19.2 Å². The molecule has 0 bridgehead atoms. The average molecular weight is 433 g/mol.